The molecule has 9 nitrogen and oxygen atoms in total. The van der Waals surface area contributed by atoms with E-state index in [-0.39, 0.29) is 23.7 Å². The van der Waals surface area contributed by atoms with E-state index in [2.05, 4.69) is 40.8 Å². The van der Waals surface area contributed by atoms with E-state index in [1.54, 1.807) is 11.9 Å². The van der Waals surface area contributed by atoms with Crippen LogP contribution in [0.5, 0.6) is 5.75 Å². The zero-order valence-electron chi connectivity index (χ0n) is 18.7. The number of fused-ring (bicyclic) bond motifs is 3. The molecule has 1 unspecified atom stereocenters. The Morgan fingerprint density at radius 2 is 2.00 bits per heavy atom. The molecule has 1 fully saturated rings. The lowest BCUT2D eigenvalue weighted by atomic mass is 10.1. The fourth-order valence-corrected chi connectivity index (χ4v) is 3.35. The minimum absolute atomic E-state index is 0.0323. The van der Waals surface area contributed by atoms with Crippen LogP contribution in [0.15, 0.2) is 12.1 Å². The highest BCUT2D eigenvalue weighted by Crippen LogP contribution is 2.27. The summed E-state index contributed by atoms with van der Waals surface area (Å²) in [5, 5.41) is 4.92. The molecule has 1 aliphatic rings. The number of aryl methyl sites for hydroxylation is 1. The molecule has 4 rings (SSSR count). The number of benzene rings is 1. The standard InChI is InChI=1S/C19H23FN6O3.2C2H2/c1-25(18(27)14-6-8-29-14)7-4-3-5-16-23-17-11-9-12(20)15(28-2)10-13(11)22-19(21)26(17)24-16;2*1-2/h9-10,14H,3-8H2,1-2H3,(H2,21,22);2*1-2H. The third kappa shape index (κ3) is 5.48. The summed E-state index contributed by atoms with van der Waals surface area (Å²) in [6, 6.07) is 2.82. The first-order valence-corrected chi connectivity index (χ1v) is 10.2. The van der Waals surface area contributed by atoms with Crippen LogP contribution in [0.25, 0.3) is 16.6 Å². The van der Waals surface area contributed by atoms with Crippen LogP contribution >= 0.6 is 0 Å². The van der Waals surface area contributed by atoms with Gasteiger partial charge in [-0.05, 0) is 18.9 Å². The van der Waals surface area contributed by atoms with Gasteiger partial charge in [0.05, 0.1) is 19.2 Å². The number of anilines is 1. The number of unbranched alkanes of at least 4 members (excludes halogenated alkanes) is 1. The van der Waals surface area contributed by atoms with E-state index >= 15 is 0 Å². The topological polar surface area (TPSA) is 108 Å². The summed E-state index contributed by atoms with van der Waals surface area (Å²) in [6.45, 7) is 1.30. The fraction of sp³-hybridized carbons (Fsp3) is 0.391. The number of methoxy groups -OCH3 is 1. The van der Waals surface area contributed by atoms with Gasteiger partial charge in [0.1, 0.15) is 6.10 Å². The molecule has 2 aromatic heterocycles. The van der Waals surface area contributed by atoms with Crippen molar-refractivity contribution in [3.8, 4) is 31.4 Å². The number of nitrogens with two attached hydrogens (primary N) is 1. The Bertz CT molecular complexity index is 1150. The van der Waals surface area contributed by atoms with Crippen LogP contribution in [0, 0.1) is 31.5 Å². The van der Waals surface area contributed by atoms with Crippen molar-refractivity contribution < 1.29 is 18.7 Å². The summed E-state index contributed by atoms with van der Waals surface area (Å²) >= 11 is 0. The molecule has 1 aliphatic heterocycles. The number of terminal acetylenes is 2. The van der Waals surface area contributed by atoms with Gasteiger partial charge in [0.25, 0.3) is 5.91 Å². The van der Waals surface area contributed by atoms with Crippen molar-refractivity contribution in [3.05, 3.63) is 23.8 Å². The molecule has 0 radical (unpaired) electrons. The molecule has 0 spiro atoms. The molecule has 1 saturated heterocycles. The molecular weight excluding hydrogens is 427 g/mol. The van der Waals surface area contributed by atoms with E-state index in [0.717, 1.165) is 19.3 Å². The fourth-order valence-electron chi connectivity index (χ4n) is 3.35. The number of ether oxygens (including phenoxy) is 2. The van der Waals surface area contributed by atoms with Crippen LogP contribution in [0.4, 0.5) is 10.3 Å². The number of carbonyl (C=O) groups excluding carboxylic acids is 1. The van der Waals surface area contributed by atoms with Crippen molar-refractivity contribution in [2.45, 2.75) is 31.8 Å². The number of rotatable bonds is 7. The first-order chi connectivity index (χ1) is 16.0. The quantitative estimate of drug-likeness (QED) is 0.430. The normalized spacial score (nSPS) is 14.3. The molecule has 1 atom stereocenters. The molecule has 0 bridgehead atoms. The zero-order chi connectivity index (χ0) is 24.5. The van der Waals surface area contributed by atoms with E-state index in [1.807, 2.05) is 0 Å². The van der Waals surface area contributed by atoms with E-state index in [4.69, 9.17) is 15.2 Å². The molecule has 10 heteroatoms. The Morgan fingerprint density at radius 1 is 1.30 bits per heavy atom. The molecule has 33 heavy (non-hydrogen) atoms. The first-order valence-electron chi connectivity index (χ1n) is 10.2. The van der Waals surface area contributed by atoms with Crippen molar-refractivity contribution in [1.82, 2.24) is 24.5 Å². The summed E-state index contributed by atoms with van der Waals surface area (Å²) in [5.41, 5.74) is 6.95. The average molecular weight is 455 g/mol. The van der Waals surface area contributed by atoms with Crippen molar-refractivity contribution >= 4 is 28.4 Å². The molecule has 1 aromatic carbocycles. The van der Waals surface area contributed by atoms with Gasteiger partial charge in [-0.25, -0.2) is 14.4 Å². The Morgan fingerprint density at radius 3 is 2.61 bits per heavy atom. The maximum absolute atomic E-state index is 14.1. The van der Waals surface area contributed by atoms with Gasteiger partial charge in [-0.1, -0.05) is 0 Å². The molecule has 3 heterocycles. The lowest BCUT2D eigenvalue weighted by Gasteiger charge is -2.29. The van der Waals surface area contributed by atoms with Crippen molar-refractivity contribution in [1.29, 1.82) is 0 Å². The van der Waals surface area contributed by atoms with Gasteiger partial charge in [0.15, 0.2) is 23.0 Å². The van der Waals surface area contributed by atoms with Gasteiger partial charge in [-0.15, -0.1) is 30.8 Å². The number of hydrogen-bond acceptors (Lipinski definition) is 7. The van der Waals surface area contributed by atoms with Crippen LogP contribution in [0.1, 0.15) is 25.1 Å². The largest absolute Gasteiger partial charge is 0.494 e. The van der Waals surface area contributed by atoms with E-state index in [0.29, 0.717) is 41.9 Å². The highest BCUT2D eigenvalue weighted by Gasteiger charge is 2.28. The second kappa shape index (κ2) is 11.7. The van der Waals surface area contributed by atoms with Gasteiger partial charge in [-0.2, -0.15) is 4.52 Å². The molecule has 0 saturated carbocycles. The smallest absolute Gasteiger partial charge is 0.251 e. The number of amides is 1. The van der Waals surface area contributed by atoms with Gasteiger partial charge < -0.3 is 20.1 Å². The van der Waals surface area contributed by atoms with Crippen LogP contribution in [-0.4, -0.2) is 63.8 Å². The minimum Gasteiger partial charge on any atom is -0.494 e. The average Bonchev–Trinajstić information content (AvgIpc) is 3.23. The van der Waals surface area contributed by atoms with Crippen LogP contribution < -0.4 is 10.5 Å². The minimum atomic E-state index is -0.499. The summed E-state index contributed by atoms with van der Waals surface area (Å²) < 4.78 is 25.8. The Labute approximate surface area is 192 Å². The number of nitrogen functional groups attached to an aromatic ring is 1. The third-order valence-corrected chi connectivity index (χ3v) is 5.11. The van der Waals surface area contributed by atoms with Gasteiger partial charge in [0.2, 0.25) is 5.95 Å². The Hall–Kier alpha value is -3.89. The number of carbonyl (C=O) groups is 1. The van der Waals surface area contributed by atoms with Gasteiger partial charge >= 0.3 is 0 Å². The Balaban J connectivity index is 0.000000914. The second-order valence-electron chi connectivity index (χ2n) is 7.10. The molecule has 174 valence electrons. The van der Waals surface area contributed by atoms with Crippen LogP contribution in [-0.2, 0) is 16.0 Å². The maximum atomic E-state index is 14.1. The van der Waals surface area contributed by atoms with Gasteiger partial charge in [-0.3, -0.25) is 4.79 Å². The van der Waals surface area contributed by atoms with Crippen molar-refractivity contribution in [3.63, 3.8) is 0 Å². The summed E-state index contributed by atoms with van der Waals surface area (Å²) in [4.78, 5) is 22.6. The molecule has 0 aliphatic carbocycles. The SMILES string of the molecule is C#C.C#C.COc1cc2nc(N)n3nc(CCCCN(C)C(=O)C4CCO4)nc3c2cc1F. The lowest BCUT2D eigenvalue weighted by molar-refractivity contribution is -0.154. The van der Waals surface area contributed by atoms with E-state index in [9.17, 15) is 9.18 Å². The predicted molar refractivity (Wildman–Crippen MR) is 124 cm³/mol. The lowest BCUT2D eigenvalue weighted by Crippen LogP contribution is -2.44. The number of halogens is 1. The second-order valence-corrected chi connectivity index (χ2v) is 7.10. The molecule has 2 N–H and O–H groups in total. The molecule has 3 aromatic rings. The number of nitrogens with zero attached hydrogens (tertiary/aromatic N) is 5. The summed E-state index contributed by atoms with van der Waals surface area (Å²) in [5.74, 6) is 0.398. The summed E-state index contributed by atoms with van der Waals surface area (Å²) in [6.07, 6.45) is 18.7. The first kappa shape index (κ1) is 25.4. The molecular formula is C23H27FN6O3. The monoisotopic (exact) mass is 454 g/mol. The highest BCUT2D eigenvalue weighted by molar-refractivity contribution is 5.93. The van der Waals surface area contributed by atoms with Crippen LogP contribution in [0.3, 0.4) is 0 Å². The number of hydrogen-bond donors (Lipinski definition) is 1. The van der Waals surface area contributed by atoms with Crippen LogP contribution in [0.2, 0.25) is 0 Å². The predicted octanol–water partition coefficient (Wildman–Crippen LogP) is 2.08. The summed E-state index contributed by atoms with van der Waals surface area (Å²) in [7, 11) is 3.18. The number of aromatic nitrogens is 4. The zero-order valence-corrected chi connectivity index (χ0v) is 18.7. The van der Waals surface area contributed by atoms with Crippen molar-refractivity contribution in [2.24, 2.45) is 0 Å². The number of likely N-dealkylation sites (N-methyl/N-ethyl adjacent to an activating group) is 1. The van der Waals surface area contributed by atoms with Crippen molar-refractivity contribution in [2.75, 3.05) is 33.0 Å². The third-order valence-electron chi connectivity index (χ3n) is 5.11. The molecule has 1 amide bonds. The van der Waals surface area contributed by atoms with E-state index in [1.165, 1.54) is 23.8 Å². The van der Waals surface area contributed by atoms with Gasteiger partial charge in [0, 0.05) is 37.9 Å². The Kier molecular flexibility index (Phi) is 8.96. The maximum Gasteiger partial charge on any atom is 0.251 e. The highest BCUT2D eigenvalue weighted by atomic mass is 19.1. The van der Waals surface area contributed by atoms with E-state index < -0.39 is 5.82 Å².